The summed E-state index contributed by atoms with van der Waals surface area (Å²) >= 11 is 0. The maximum absolute atomic E-state index is 13.1. The minimum Gasteiger partial charge on any atom is -0.395 e. The quantitative estimate of drug-likeness (QED) is 0.852. The van der Waals surface area contributed by atoms with Gasteiger partial charge in [-0.1, -0.05) is 12.1 Å². The summed E-state index contributed by atoms with van der Waals surface area (Å²) in [7, 11) is 0. The standard InChI is InChI=1S/C15H21FN2O2/c1-11-7-12(4-5-14(11)16)8-17-15(20)9-18-6-2-3-13(18)10-19/h4-5,7,13,19H,2-3,6,8-10H2,1H3,(H,17,20)/t13-/m0/s1. The van der Waals surface area contributed by atoms with E-state index in [4.69, 9.17) is 0 Å². The van der Waals surface area contributed by atoms with Crippen LogP contribution in [0.5, 0.6) is 0 Å². The average Bonchev–Trinajstić information content (AvgIpc) is 2.87. The second kappa shape index (κ2) is 6.81. The van der Waals surface area contributed by atoms with E-state index in [9.17, 15) is 14.3 Å². The molecule has 1 saturated heterocycles. The zero-order chi connectivity index (χ0) is 14.5. The first-order valence-electron chi connectivity index (χ1n) is 6.97. The molecular formula is C15H21FN2O2. The number of carbonyl (C=O) groups excluding carboxylic acids is 1. The van der Waals surface area contributed by atoms with Crippen LogP contribution in [0, 0.1) is 12.7 Å². The number of hydrogen-bond acceptors (Lipinski definition) is 3. The van der Waals surface area contributed by atoms with Crippen molar-refractivity contribution in [2.75, 3.05) is 19.7 Å². The highest BCUT2D eigenvalue weighted by molar-refractivity contribution is 5.78. The van der Waals surface area contributed by atoms with Gasteiger partial charge in [0.2, 0.25) is 5.91 Å². The van der Waals surface area contributed by atoms with Crippen LogP contribution in [-0.4, -0.2) is 41.7 Å². The lowest BCUT2D eigenvalue weighted by molar-refractivity contribution is -0.122. The molecule has 2 rings (SSSR count). The Bertz CT molecular complexity index is 479. The molecule has 1 fully saturated rings. The molecule has 1 aliphatic rings. The molecule has 0 aliphatic carbocycles. The number of aryl methyl sites for hydroxylation is 1. The smallest absolute Gasteiger partial charge is 0.234 e. The molecule has 0 bridgehead atoms. The van der Waals surface area contributed by atoms with Gasteiger partial charge in [-0.25, -0.2) is 4.39 Å². The monoisotopic (exact) mass is 280 g/mol. The lowest BCUT2D eigenvalue weighted by atomic mass is 10.1. The van der Waals surface area contributed by atoms with Gasteiger partial charge in [0.05, 0.1) is 13.2 Å². The lowest BCUT2D eigenvalue weighted by Gasteiger charge is -2.21. The van der Waals surface area contributed by atoms with E-state index in [1.54, 1.807) is 19.1 Å². The molecule has 1 aromatic rings. The first kappa shape index (κ1) is 14.9. The predicted molar refractivity (Wildman–Crippen MR) is 74.7 cm³/mol. The van der Waals surface area contributed by atoms with Gasteiger partial charge in [0, 0.05) is 12.6 Å². The summed E-state index contributed by atoms with van der Waals surface area (Å²) in [6.45, 7) is 3.37. The van der Waals surface area contributed by atoms with E-state index in [1.807, 2.05) is 4.90 Å². The molecule has 4 nitrogen and oxygen atoms in total. The number of amides is 1. The minimum atomic E-state index is -0.233. The van der Waals surface area contributed by atoms with Crippen LogP contribution in [0.25, 0.3) is 0 Å². The van der Waals surface area contributed by atoms with Crippen LogP contribution < -0.4 is 5.32 Å². The average molecular weight is 280 g/mol. The molecule has 1 atom stereocenters. The fourth-order valence-electron chi connectivity index (χ4n) is 2.57. The number of aliphatic hydroxyl groups excluding tert-OH is 1. The van der Waals surface area contributed by atoms with E-state index in [-0.39, 0.29) is 24.4 Å². The van der Waals surface area contributed by atoms with Crippen molar-refractivity contribution >= 4 is 5.91 Å². The molecule has 1 aliphatic heterocycles. The lowest BCUT2D eigenvalue weighted by Crippen LogP contribution is -2.40. The molecule has 20 heavy (non-hydrogen) atoms. The van der Waals surface area contributed by atoms with Gasteiger partial charge in [0.1, 0.15) is 5.82 Å². The van der Waals surface area contributed by atoms with Crippen LogP contribution >= 0.6 is 0 Å². The Morgan fingerprint density at radius 3 is 3.05 bits per heavy atom. The molecule has 0 radical (unpaired) electrons. The molecule has 5 heteroatoms. The van der Waals surface area contributed by atoms with Crippen molar-refractivity contribution in [3.8, 4) is 0 Å². The number of likely N-dealkylation sites (tertiary alicyclic amines) is 1. The number of carbonyl (C=O) groups is 1. The zero-order valence-electron chi connectivity index (χ0n) is 11.7. The number of rotatable bonds is 5. The number of hydrogen-bond donors (Lipinski definition) is 2. The van der Waals surface area contributed by atoms with E-state index in [1.165, 1.54) is 6.07 Å². The normalized spacial score (nSPS) is 19.2. The van der Waals surface area contributed by atoms with Crippen LogP contribution in [0.15, 0.2) is 18.2 Å². The van der Waals surface area contributed by atoms with Crippen molar-refractivity contribution in [1.82, 2.24) is 10.2 Å². The molecule has 0 aromatic heterocycles. The largest absolute Gasteiger partial charge is 0.395 e. The fourth-order valence-corrected chi connectivity index (χ4v) is 2.57. The van der Waals surface area contributed by atoms with Gasteiger partial charge >= 0.3 is 0 Å². The summed E-state index contributed by atoms with van der Waals surface area (Å²) in [5.74, 6) is -0.296. The van der Waals surface area contributed by atoms with Crippen molar-refractivity contribution < 1.29 is 14.3 Å². The van der Waals surface area contributed by atoms with E-state index in [2.05, 4.69) is 5.32 Å². The summed E-state index contributed by atoms with van der Waals surface area (Å²) in [5, 5.41) is 12.0. The van der Waals surface area contributed by atoms with Gasteiger partial charge in [-0.05, 0) is 43.5 Å². The minimum absolute atomic E-state index is 0.0627. The highest BCUT2D eigenvalue weighted by Gasteiger charge is 2.25. The SMILES string of the molecule is Cc1cc(CNC(=O)CN2CCC[C@H]2CO)ccc1F. The molecule has 0 spiro atoms. The molecule has 0 unspecified atom stereocenters. The van der Waals surface area contributed by atoms with Crippen molar-refractivity contribution in [2.45, 2.75) is 32.4 Å². The van der Waals surface area contributed by atoms with E-state index >= 15 is 0 Å². The summed E-state index contributed by atoms with van der Waals surface area (Å²) in [4.78, 5) is 13.9. The van der Waals surface area contributed by atoms with Crippen LogP contribution in [0.4, 0.5) is 4.39 Å². The Morgan fingerprint density at radius 1 is 1.55 bits per heavy atom. The third-order valence-electron chi connectivity index (χ3n) is 3.77. The van der Waals surface area contributed by atoms with Gasteiger partial charge in [0.15, 0.2) is 0 Å². The van der Waals surface area contributed by atoms with E-state index < -0.39 is 0 Å². The second-order valence-corrected chi connectivity index (χ2v) is 5.31. The van der Waals surface area contributed by atoms with Gasteiger partial charge in [0.25, 0.3) is 0 Å². The zero-order valence-corrected chi connectivity index (χ0v) is 11.7. The first-order valence-corrected chi connectivity index (χ1v) is 6.97. The molecule has 2 N–H and O–H groups in total. The topological polar surface area (TPSA) is 52.6 Å². The van der Waals surface area contributed by atoms with Gasteiger partial charge < -0.3 is 10.4 Å². The molecule has 1 heterocycles. The van der Waals surface area contributed by atoms with Crippen molar-refractivity contribution in [2.24, 2.45) is 0 Å². The third-order valence-corrected chi connectivity index (χ3v) is 3.77. The first-order chi connectivity index (χ1) is 9.60. The van der Waals surface area contributed by atoms with Gasteiger partial charge in [-0.3, -0.25) is 9.69 Å². The number of nitrogens with one attached hydrogen (secondary N) is 1. The Balaban J connectivity index is 1.81. The maximum Gasteiger partial charge on any atom is 0.234 e. The maximum atomic E-state index is 13.1. The van der Waals surface area contributed by atoms with Gasteiger partial charge in [-0.2, -0.15) is 0 Å². The molecule has 110 valence electrons. The molecule has 1 amide bonds. The van der Waals surface area contributed by atoms with Crippen molar-refractivity contribution in [3.63, 3.8) is 0 Å². The van der Waals surface area contributed by atoms with Crippen molar-refractivity contribution in [3.05, 3.63) is 35.1 Å². The van der Waals surface area contributed by atoms with E-state index in [0.717, 1.165) is 24.9 Å². The molecule has 0 saturated carbocycles. The van der Waals surface area contributed by atoms with E-state index in [0.29, 0.717) is 18.7 Å². The molecule has 1 aromatic carbocycles. The summed E-state index contributed by atoms with van der Waals surface area (Å²) in [6, 6.07) is 4.93. The Morgan fingerprint density at radius 2 is 2.35 bits per heavy atom. The number of aliphatic hydroxyl groups is 1. The highest BCUT2D eigenvalue weighted by atomic mass is 19.1. The Kier molecular flexibility index (Phi) is 5.09. The number of nitrogens with zero attached hydrogens (tertiary/aromatic N) is 1. The predicted octanol–water partition coefficient (Wildman–Crippen LogP) is 1.21. The highest BCUT2D eigenvalue weighted by Crippen LogP contribution is 2.15. The van der Waals surface area contributed by atoms with Crippen LogP contribution in [-0.2, 0) is 11.3 Å². The van der Waals surface area contributed by atoms with Crippen LogP contribution in [0.1, 0.15) is 24.0 Å². The third kappa shape index (κ3) is 3.77. The summed E-state index contributed by atoms with van der Waals surface area (Å²) in [5.41, 5.74) is 1.47. The number of halogens is 1. The van der Waals surface area contributed by atoms with Crippen molar-refractivity contribution in [1.29, 1.82) is 0 Å². The second-order valence-electron chi connectivity index (χ2n) is 5.31. The Labute approximate surface area is 118 Å². The van der Waals surface area contributed by atoms with Crippen LogP contribution in [0.2, 0.25) is 0 Å². The van der Waals surface area contributed by atoms with Gasteiger partial charge in [-0.15, -0.1) is 0 Å². The Hall–Kier alpha value is -1.46. The van der Waals surface area contributed by atoms with Crippen LogP contribution in [0.3, 0.4) is 0 Å². The number of benzene rings is 1. The molecular weight excluding hydrogens is 259 g/mol. The summed E-state index contributed by atoms with van der Waals surface area (Å²) < 4.78 is 13.1. The fraction of sp³-hybridized carbons (Fsp3) is 0.533. The summed E-state index contributed by atoms with van der Waals surface area (Å²) in [6.07, 6.45) is 1.97.